The fourth-order valence-electron chi connectivity index (χ4n) is 3.77. The summed E-state index contributed by atoms with van der Waals surface area (Å²) < 4.78 is 41.1. The van der Waals surface area contributed by atoms with Crippen molar-refractivity contribution in [3.63, 3.8) is 0 Å². The summed E-state index contributed by atoms with van der Waals surface area (Å²) in [6.45, 7) is -0.242. The second-order valence-corrected chi connectivity index (χ2v) is 7.13. The second-order valence-electron chi connectivity index (χ2n) is 7.13. The highest BCUT2D eigenvalue weighted by atomic mass is 19.4. The Bertz CT molecular complexity index is 1030. The van der Waals surface area contributed by atoms with E-state index in [1.54, 1.807) is 6.07 Å². The average molecular weight is 399 g/mol. The molecule has 0 aliphatic heterocycles. The van der Waals surface area contributed by atoms with Crippen LogP contribution in [0.4, 0.5) is 18.9 Å². The van der Waals surface area contributed by atoms with Gasteiger partial charge in [0.15, 0.2) is 5.69 Å². The zero-order valence-electron chi connectivity index (χ0n) is 15.7. The van der Waals surface area contributed by atoms with Crippen LogP contribution in [0.5, 0.6) is 0 Å². The molecule has 1 aromatic heterocycles. The maximum Gasteiger partial charge on any atom is 0.435 e. The van der Waals surface area contributed by atoms with Crippen LogP contribution in [-0.4, -0.2) is 15.7 Å². The van der Waals surface area contributed by atoms with Gasteiger partial charge in [-0.2, -0.15) is 18.3 Å². The van der Waals surface area contributed by atoms with Crippen molar-refractivity contribution in [3.05, 3.63) is 71.5 Å². The van der Waals surface area contributed by atoms with Crippen LogP contribution in [0.25, 0.3) is 11.1 Å². The molecule has 7 heteroatoms. The van der Waals surface area contributed by atoms with E-state index in [2.05, 4.69) is 10.4 Å². The number of amides is 1. The Morgan fingerprint density at radius 2 is 1.72 bits per heavy atom. The van der Waals surface area contributed by atoms with E-state index in [9.17, 15) is 18.0 Å². The van der Waals surface area contributed by atoms with Crippen LogP contribution in [0.15, 0.2) is 54.6 Å². The number of carbonyl (C=O) groups is 1. The predicted molar refractivity (Wildman–Crippen MR) is 104 cm³/mol. The van der Waals surface area contributed by atoms with Crippen molar-refractivity contribution in [3.8, 4) is 11.1 Å². The summed E-state index contributed by atoms with van der Waals surface area (Å²) in [5.41, 5.74) is 2.46. The first-order chi connectivity index (χ1) is 13.9. The minimum Gasteiger partial charge on any atom is -0.324 e. The van der Waals surface area contributed by atoms with Gasteiger partial charge in [0, 0.05) is 16.9 Å². The predicted octanol–water partition coefficient (Wildman–Crippen LogP) is 5.09. The Hall–Kier alpha value is -3.09. The lowest BCUT2D eigenvalue weighted by Crippen LogP contribution is -2.21. The largest absolute Gasteiger partial charge is 0.435 e. The lowest BCUT2D eigenvalue weighted by molar-refractivity contribution is -0.142. The Labute approximate surface area is 166 Å². The van der Waals surface area contributed by atoms with Gasteiger partial charge in [0.1, 0.15) is 6.54 Å². The molecule has 0 fully saturated rings. The van der Waals surface area contributed by atoms with Crippen LogP contribution in [0.2, 0.25) is 0 Å². The molecule has 1 aliphatic rings. The van der Waals surface area contributed by atoms with Gasteiger partial charge in [-0.15, -0.1) is 0 Å². The van der Waals surface area contributed by atoms with Crippen molar-refractivity contribution in [1.29, 1.82) is 0 Å². The quantitative estimate of drug-likeness (QED) is 0.665. The third-order valence-electron chi connectivity index (χ3n) is 5.07. The van der Waals surface area contributed by atoms with Crippen molar-refractivity contribution < 1.29 is 18.0 Å². The molecule has 0 saturated carbocycles. The third-order valence-corrected chi connectivity index (χ3v) is 5.07. The van der Waals surface area contributed by atoms with Crippen LogP contribution in [-0.2, 0) is 30.4 Å². The second kappa shape index (κ2) is 7.73. The molecule has 1 amide bonds. The number of nitrogens with one attached hydrogen (secondary N) is 1. The average Bonchev–Trinajstić information content (AvgIpc) is 3.08. The Morgan fingerprint density at radius 3 is 2.48 bits per heavy atom. The van der Waals surface area contributed by atoms with Crippen LogP contribution in [0, 0.1) is 0 Å². The minimum absolute atomic E-state index is 0.239. The molecule has 0 spiro atoms. The molecule has 2 aromatic carbocycles. The van der Waals surface area contributed by atoms with Crippen molar-refractivity contribution >= 4 is 11.6 Å². The van der Waals surface area contributed by atoms with Crippen molar-refractivity contribution in [1.82, 2.24) is 9.78 Å². The number of rotatable bonds is 4. The first-order valence-electron chi connectivity index (χ1n) is 9.53. The molecule has 150 valence electrons. The summed E-state index contributed by atoms with van der Waals surface area (Å²) in [4.78, 5) is 12.5. The highest BCUT2D eigenvalue weighted by Gasteiger charge is 2.39. The number of hydrogen-bond donors (Lipinski definition) is 1. The van der Waals surface area contributed by atoms with E-state index in [1.165, 1.54) is 4.68 Å². The number of carbonyl (C=O) groups excluding carboxylic acids is 1. The maximum absolute atomic E-state index is 13.3. The van der Waals surface area contributed by atoms with E-state index in [0.717, 1.165) is 17.5 Å². The molecule has 1 N–H and O–H groups in total. The topological polar surface area (TPSA) is 46.9 Å². The van der Waals surface area contributed by atoms with Crippen LogP contribution in [0.3, 0.4) is 0 Å². The van der Waals surface area contributed by atoms with Gasteiger partial charge in [-0.3, -0.25) is 9.48 Å². The smallest absolute Gasteiger partial charge is 0.324 e. The van der Waals surface area contributed by atoms with Crippen molar-refractivity contribution in [2.24, 2.45) is 0 Å². The highest BCUT2D eigenvalue weighted by molar-refractivity contribution is 5.91. The zero-order chi connectivity index (χ0) is 20.4. The fraction of sp³-hybridized carbons (Fsp3) is 0.273. The molecule has 0 atom stereocenters. The van der Waals surface area contributed by atoms with E-state index < -0.39 is 17.8 Å². The number of halogens is 3. The number of nitrogens with zero attached hydrogens (tertiary/aromatic N) is 2. The van der Waals surface area contributed by atoms with Crippen LogP contribution < -0.4 is 5.32 Å². The van der Waals surface area contributed by atoms with E-state index in [0.29, 0.717) is 30.6 Å². The van der Waals surface area contributed by atoms with E-state index in [4.69, 9.17) is 0 Å². The van der Waals surface area contributed by atoms with Gasteiger partial charge in [0.05, 0.1) is 0 Å². The third kappa shape index (κ3) is 4.18. The summed E-state index contributed by atoms with van der Waals surface area (Å²) in [6, 6.07) is 17.1. The molecule has 1 aliphatic carbocycles. The molecule has 0 radical (unpaired) electrons. The number of alkyl halides is 3. The highest BCUT2D eigenvalue weighted by Crippen LogP contribution is 2.35. The maximum atomic E-state index is 13.3. The molecule has 1 heterocycles. The first-order valence-corrected chi connectivity index (χ1v) is 9.53. The molecule has 29 heavy (non-hydrogen) atoms. The summed E-state index contributed by atoms with van der Waals surface area (Å²) in [5.74, 6) is -0.403. The molecule has 3 aromatic rings. The van der Waals surface area contributed by atoms with Gasteiger partial charge in [-0.05, 0) is 48.9 Å². The van der Waals surface area contributed by atoms with Gasteiger partial charge >= 0.3 is 6.18 Å². The first kappa shape index (κ1) is 19.2. The Balaban J connectivity index is 1.53. The number of hydrogen-bond acceptors (Lipinski definition) is 2. The molecule has 0 bridgehead atoms. The number of benzene rings is 2. The standard InChI is InChI=1S/C22H20F3N3O/c23-22(24,25)21-18-11-4-5-12-19(18)28(27-21)14-20(29)26-17-10-6-9-16(13-17)15-7-2-1-3-8-15/h1-3,6-10,13H,4-5,11-12,14H2,(H,26,29). The lowest BCUT2D eigenvalue weighted by Gasteiger charge is -2.14. The Kier molecular flexibility index (Phi) is 5.13. The SMILES string of the molecule is O=C(Cn1nc(C(F)(F)F)c2c1CCCC2)Nc1cccc(-c2ccccc2)c1. The van der Waals surface area contributed by atoms with Gasteiger partial charge in [0.2, 0.25) is 5.91 Å². The molecule has 4 nitrogen and oxygen atoms in total. The Morgan fingerprint density at radius 1 is 1.00 bits per heavy atom. The molecular formula is C22H20F3N3O. The van der Waals surface area contributed by atoms with E-state index >= 15 is 0 Å². The summed E-state index contributed by atoms with van der Waals surface area (Å²) in [5, 5.41) is 6.52. The monoisotopic (exact) mass is 399 g/mol. The normalized spacial score (nSPS) is 13.8. The minimum atomic E-state index is -4.51. The number of anilines is 1. The lowest BCUT2D eigenvalue weighted by atomic mass is 9.95. The molecule has 4 rings (SSSR count). The van der Waals surface area contributed by atoms with Crippen LogP contribution >= 0.6 is 0 Å². The number of fused-ring (bicyclic) bond motifs is 1. The van der Waals surface area contributed by atoms with Crippen molar-refractivity contribution in [2.45, 2.75) is 38.4 Å². The van der Waals surface area contributed by atoms with Crippen LogP contribution in [0.1, 0.15) is 29.8 Å². The van der Waals surface area contributed by atoms with Gasteiger partial charge < -0.3 is 5.32 Å². The summed E-state index contributed by atoms with van der Waals surface area (Å²) >= 11 is 0. The summed E-state index contributed by atoms with van der Waals surface area (Å²) in [7, 11) is 0. The molecule has 0 unspecified atom stereocenters. The number of aromatic nitrogens is 2. The van der Waals surface area contributed by atoms with E-state index in [1.807, 2.05) is 48.5 Å². The van der Waals surface area contributed by atoms with Crippen molar-refractivity contribution in [2.75, 3.05) is 5.32 Å². The summed E-state index contributed by atoms with van der Waals surface area (Å²) in [6.07, 6.45) is -2.13. The van der Waals surface area contributed by atoms with Gasteiger partial charge in [0.25, 0.3) is 0 Å². The van der Waals surface area contributed by atoms with E-state index in [-0.39, 0.29) is 12.1 Å². The van der Waals surface area contributed by atoms with Gasteiger partial charge in [-0.1, -0.05) is 42.5 Å². The molecular weight excluding hydrogens is 379 g/mol. The van der Waals surface area contributed by atoms with Gasteiger partial charge in [-0.25, -0.2) is 0 Å². The fourth-order valence-corrected chi connectivity index (χ4v) is 3.77. The zero-order valence-corrected chi connectivity index (χ0v) is 15.7. The molecule has 0 saturated heterocycles.